The zero-order valence-corrected chi connectivity index (χ0v) is 11.6. The van der Waals surface area contributed by atoms with Crippen LogP contribution in [-0.2, 0) is 6.61 Å². The van der Waals surface area contributed by atoms with E-state index in [1.54, 1.807) is 18.2 Å². The summed E-state index contributed by atoms with van der Waals surface area (Å²) in [4.78, 5) is 3.22. The summed E-state index contributed by atoms with van der Waals surface area (Å²) in [5.41, 5.74) is 2.15. The number of halogens is 1. The highest BCUT2D eigenvalue weighted by molar-refractivity contribution is 9.10. The van der Waals surface area contributed by atoms with E-state index in [1.165, 1.54) is 0 Å². The van der Waals surface area contributed by atoms with Crippen LogP contribution >= 0.6 is 15.9 Å². The van der Waals surface area contributed by atoms with E-state index in [2.05, 4.69) is 20.9 Å². The number of nitrogens with one attached hydrogen (secondary N) is 1. The molecule has 3 aromatic rings. The Balaban J connectivity index is 1.86. The molecule has 0 unspecified atom stereocenters. The van der Waals surface area contributed by atoms with Crippen molar-refractivity contribution in [2.75, 3.05) is 0 Å². The van der Waals surface area contributed by atoms with E-state index in [0.29, 0.717) is 12.4 Å². The predicted molar refractivity (Wildman–Crippen MR) is 78.4 cm³/mol. The number of aromatic hydroxyl groups is 1. The lowest BCUT2D eigenvalue weighted by molar-refractivity contribution is 0.306. The molecule has 1 aromatic heterocycles. The van der Waals surface area contributed by atoms with Crippen LogP contribution in [-0.4, -0.2) is 10.1 Å². The standard InChI is InChI=1S/C15H12BrNO2/c16-13-5-2-6-14-15(13)10(8-17-14)9-19-12-4-1-3-11(18)7-12/h1-8,17-18H,9H2. The van der Waals surface area contributed by atoms with Crippen LogP contribution in [0.1, 0.15) is 5.56 Å². The van der Waals surface area contributed by atoms with Crippen LogP contribution in [0.3, 0.4) is 0 Å². The maximum Gasteiger partial charge on any atom is 0.123 e. The zero-order chi connectivity index (χ0) is 13.2. The maximum absolute atomic E-state index is 9.39. The van der Waals surface area contributed by atoms with Crippen molar-refractivity contribution in [1.82, 2.24) is 4.98 Å². The molecule has 1 heterocycles. The van der Waals surface area contributed by atoms with Gasteiger partial charge in [-0.25, -0.2) is 0 Å². The lowest BCUT2D eigenvalue weighted by Gasteiger charge is -2.06. The molecule has 2 aromatic carbocycles. The van der Waals surface area contributed by atoms with Gasteiger partial charge in [-0.3, -0.25) is 0 Å². The monoisotopic (exact) mass is 317 g/mol. The van der Waals surface area contributed by atoms with Gasteiger partial charge in [-0.05, 0) is 24.3 Å². The first-order valence-electron chi connectivity index (χ1n) is 5.90. The summed E-state index contributed by atoms with van der Waals surface area (Å²) in [6, 6.07) is 12.8. The Bertz CT molecular complexity index is 721. The first-order chi connectivity index (χ1) is 9.24. The highest BCUT2D eigenvalue weighted by atomic mass is 79.9. The topological polar surface area (TPSA) is 45.2 Å². The molecular weight excluding hydrogens is 306 g/mol. The number of fused-ring (bicyclic) bond motifs is 1. The van der Waals surface area contributed by atoms with Crippen LogP contribution in [0.25, 0.3) is 10.9 Å². The zero-order valence-electron chi connectivity index (χ0n) is 10.1. The van der Waals surface area contributed by atoms with Crippen LogP contribution in [0, 0.1) is 0 Å². The van der Waals surface area contributed by atoms with Crippen molar-refractivity contribution in [2.24, 2.45) is 0 Å². The third-order valence-electron chi connectivity index (χ3n) is 2.95. The van der Waals surface area contributed by atoms with Crippen molar-refractivity contribution in [3.05, 3.63) is 58.7 Å². The second-order valence-corrected chi connectivity index (χ2v) is 5.12. The molecule has 0 aliphatic heterocycles. The molecule has 0 aliphatic carbocycles. The summed E-state index contributed by atoms with van der Waals surface area (Å²) < 4.78 is 6.74. The molecule has 0 fully saturated rings. The Morgan fingerprint density at radius 1 is 1.16 bits per heavy atom. The van der Waals surface area contributed by atoms with Crippen molar-refractivity contribution in [2.45, 2.75) is 6.61 Å². The minimum absolute atomic E-state index is 0.206. The van der Waals surface area contributed by atoms with E-state index >= 15 is 0 Å². The molecule has 0 saturated heterocycles. The van der Waals surface area contributed by atoms with Gasteiger partial charge in [-0.2, -0.15) is 0 Å². The average Bonchev–Trinajstić information content (AvgIpc) is 2.81. The first kappa shape index (κ1) is 12.1. The van der Waals surface area contributed by atoms with Crippen molar-refractivity contribution in [3.63, 3.8) is 0 Å². The van der Waals surface area contributed by atoms with E-state index in [9.17, 15) is 5.11 Å². The van der Waals surface area contributed by atoms with Crippen molar-refractivity contribution >= 4 is 26.8 Å². The summed E-state index contributed by atoms with van der Waals surface area (Å²) in [7, 11) is 0. The Morgan fingerprint density at radius 2 is 2.00 bits per heavy atom. The third-order valence-corrected chi connectivity index (χ3v) is 3.61. The number of phenols is 1. The summed E-state index contributed by atoms with van der Waals surface area (Å²) in [6.45, 7) is 0.450. The molecule has 19 heavy (non-hydrogen) atoms. The molecule has 2 N–H and O–H groups in total. The number of aromatic nitrogens is 1. The molecule has 96 valence electrons. The number of ether oxygens (including phenoxy) is 1. The minimum atomic E-state index is 0.206. The van der Waals surface area contributed by atoms with E-state index in [1.807, 2.05) is 30.5 Å². The molecule has 3 rings (SSSR count). The van der Waals surface area contributed by atoms with Gasteiger partial charge in [0.05, 0.1) is 0 Å². The van der Waals surface area contributed by atoms with E-state index in [4.69, 9.17) is 4.74 Å². The molecule has 4 heteroatoms. The van der Waals surface area contributed by atoms with Gasteiger partial charge in [-0.15, -0.1) is 0 Å². The number of rotatable bonds is 3. The van der Waals surface area contributed by atoms with Crippen molar-refractivity contribution < 1.29 is 9.84 Å². The molecule has 0 radical (unpaired) electrons. The number of benzene rings is 2. The molecule has 0 aliphatic rings. The van der Waals surface area contributed by atoms with Gasteiger partial charge >= 0.3 is 0 Å². The van der Waals surface area contributed by atoms with Gasteiger partial charge < -0.3 is 14.8 Å². The fourth-order valence-corrected chi connectivity index (χ4v) is 2.68. The van der Waals surface area contributed by atoms with Gasteiger partial charge in [0, 0.05) is 33.2 Å². The van der Waals surface area contributed by atoms with Crippen LogP contribution in [0.2, 0.25) is 0 Å². The maximum atomic E-state index is 9.39. The predicted octanol–water partition coefficient (Wildman–Crippen LogP) is 4.22. The van der Waals surface area contributed by atoms with Gasteiger partial charge in [0.15, 0.2) is 0 Å². The largest absolute Gasteiger partial charge is 0.508 e. The molecule has 0 bridgehead atoms. The third kappa shape index (κ3) is 2.44. The molecule has 0 saturated carbocycles. The fourth-order valence-electron chi connectivity index (χ4n) is 2.06. The Hall–Kier alpha value is -1.94. The molecule has 0 atom stereocenters. The van der Waals surface area contributed by atoms with Crippen LogP contribution in [0.15, 0.2) is 53.1 Å². The summed E-state index contributed by atoms with van der Waals surface area (Å²) in [6.07, 6.45) is 1.94. The Kier molecular flexibility index (Phi) is 3.17. The van der Waals surface area contributed by atoms with Crippen LogP contribution in [0.4, 0.5) is 0 Å². The highest BCUT2D eigenvalue weighted by Gasteiger charge is 2.07. The van der Waals surface area contributed by atoms with Gasteiger partial charge in [0.2, 0.25) is 0 Å². The molecule has 0 amide bonds. The van der Waals surface area contributed by atoms with Gasteiger partial charge in [0.1, 0.15) is 18.1 Å². The lowest BCUT2D eigenvalue weighted by atomic mass is 10.2. The average molecular weight is 318 g/mol. The minimum Gasteiger partial charge on any atom is -0.508 e. The van der Waals surface area contributed by atoms with Crippen molar-refractivity contribution in [1.29, 1.82) is 0 Å². The van der Waals surface area contributed by atoms with Gasteiger partial charge in [-0.1, -0.05) is 28.1 Å². The van der Waals surface area contributed by atoms with Gasteiger partial charge in [0.25, 0.3) is 0 Å². The number of hydrogen-bond donors (Lipinski definition) is 2. The SMILES string of the molecule is Oc1cccc(OCc2c[nH]c3cccc(Br)c23)c1. The smallest absolute Gasteiger partial charge is 0.123 e. The van der Waals surface area contributed by atoms with E-state index in [0.717, 1.165) is 20.9 Å². The van der Waals surface area contributed by atoms with E-state index in [-0.39, 0.29) is 5.75 Å². The molecule has 3 nitrogen and oxygen atoms in total. The first-order valence-corrected chi connectivity index (χ1v) is 6.69. The van der Waals surface area contributed by atoms with E-state index < -0.39 is 0 Å². The molecule has 0 spiro atoms. The van der Waals surface area contributed by atoms with Crippen LogP contribution in [0.5, 0.6) is 11.5 Å². The Morgan fingerprint density at radius 3 is 2.84 bits per heavy atom. The second kappa shape index (κ2) is 4.97. The fraction of sp³-hybridized carbons (Fsp3) is 0.0667. The highest BCUT2D eigenvalue weighted by Crippen LogP contribution is 2.28. The number of phenolic OH excluding ortho intramolecular Hbond substituents is 1. The lowest BCUT2D eigenvalue weighted by Crippen LogP contribution is -1.94. The quantitative estimate of drug-likeness (QED) is 0.759. The second-order valence-electron chi connectivity index (χ2n) is 4.26. The Labute approximate surface area is 119 Å². The van der Waals surface area contributed by atoms with Crippen LogP contribution < -0.4 is 4.74 Å². The molecular formula is C15H12BrNO2. The number of H-pyrrole nitrogens is 1. The number of hydrogen-bond acceptors (Lipinski definition) is 2. The van der Waals surface area contributed by atoms with Crippen molar-refractivity contribution in [3.8, 4) is 11.5 Å². The summed E-state index contributed by atoms with van der Waals surface area (Å²) >= 11 is 3.55. The summed E-state index contributed by atoms with van der Waals surface area (Å²) in [5.74, 6) is 0.860. The normalized spacial score (nSPS) is 10.8. The summed E-state index contributed by atoms with van der Waals surface area (Å²) in [5, 5.41) is 10.5. The number of aromatic amines is 1.